The lowest BCUT2D eigenvalue weighted by molar-refractivity contribution is -0.119. The molecular weight excluding hydrogens is 280 g/mol. The van der Waals surface area contributed by atoms with Gasteiger partial charge in [-0.25, -0.2) is 0 Å². The molecule has 0 saturated carbocycles. The summed E-state index contributed by atoms with van der Waals surface area (Å²) in [5, 5.41) is 5.61. The van der Waals surface area contributed by atoms with Crippen LogP contribution >= 0.6 is 0 Å². The summed E-state index contributed by atoms with van der Waals surface area (Å²) in [7, 11) is 0. The number of amides is 2. The molecule has 1 aromatic heterocycles. The minimum Gasteiger partial charge on any atom is -0.464 e. The lowest BCUT2D eigenvalue weighted by Gasteiger charge is -2.16. The standard InChI is InChI=1S/C17H24N2O3/c1-11(2)8-16(20)18-10-14(15-7-6-13(5)22-15)19-17(21)9-12(3)4/h6-9,14H,10H2,1-5H3,(H,18,20)(H,19,21)/t14-/m0/s1. The van der Waals surface area contributed by atoms with E-state index in [0.717, 1.165) is 16.9 Å². The van der Waals surface area contributed by atoms with Gasteiger partial charge in [-0.2, -0.15) is 0 Å². The van der Waals surface area contributed by atoms with Gasteiger partial charge in [-0.15, -0.1) is 0 Å². The fourth-order valence-corrected chi connectivity index (χ4v) is 1.85. The number of carbonyl (C=O) groups excluding carboxylic acids is 2. The second-order valence-corrected chi connectivity index (χ2v) is 5.70. The van der Waals surface area contributed by atoms with E-state index in [2.05, 4.69) is 10.6 Å². The molecule has 1 aromatic rings. The van der Waals surface area contributed by atoms with Crippen molar-refractivity contribution in [3.05, 3.63) is 47.0 Å². The summed E-state index contributed by atoms with van der Waals surface area (Å²) in [5.74, 6) is 0.970. The number of aryl methyl sites for hydroxylation is 1. The highest BCUT2D eigenvalue weighted by Crippen LogP contribution is 2.16. The molecule has 5 nitrogen and oxygen atoms in total. The van der Waals surface area contributed by atoms with Gasteiger partial charge in [0, 0.05) is 18.7 Å². The van der Waals surface area contributed by atoms with Crippen LogP contribution in [0.3, 0.4) is 0 Å². The maximum Gasteiger partial charge on any atom is 0.244 e. The maximum absolute atomic E-state index is 11.9. The molecule has 0 radical (unpaired) electrons. The first-order valence-electron chi connectivity index (χ1n) is 7.22. The van der Waals surface area contributed by atoms with Crippen LogP contribution in [-0.2, 0) is 9.59 Å². The van der Waals surface area contributed by atoms with E-state index in [1.165, 1.54) is 12.2 Å². The van der Waals surface area contributed by atoms with Gasteiger partial charge >= 0.3 is 0 Å². The Bertz CT molecular complexity index is 589. The molecule has 0 spiro atoms. The van der Waals surface area contributed by atoms with E-state index in [1.54, 1.807) is 6.07 Å². The number of hydrogen-bond acceptors (Lipinski definition) is 3. The molecule has 1 heterocycles. The fraction of sp³-hybridized carbons (Fsp3) is 0.412. The monoisotopic (exact) mass is 304 g/mol. The van der Waals surface area contributed by atoms with E-state index in [1.807, 2.05) is 40.7 Å². The van der Waals surface area contributed by atoms with Crippen LogP contribution in [0.25, 0.3) is 0 Å². The van der Waals surface area contributed by atoms with E-state index in [0.29, 0.717) is 5.76 Å². The average Bonchev–Trinajstić information content (AvgIpc) is 2.79. The zero-order valence-corrected chi connectivity index (χ0v) is 13.8. The van der Waals surface area contributed by atoms with Crippen molar-refractivity contribution in [3.63, 3.8) is 0 Å². The summed E-state index contributed by atoms with van der Waals surface area (Å²) in [4.78, 5) is 23.6. The van der Waals surface area contributed by atoms with Gasteiger partial charge in [0.1, 0.15) is 17.6 Å². The first kappa shape index (κ1) is 17.8. The smallest absolute Gasteiger partial charge is 0.244 e. The molecule has 120 valence electrons. The van der Waals surface area contributed by atoms with Gasteiger partial charge in [0.05, 0.1) is 0 Å². The third kappa shape index (κ3) is 6.43. The van der Waals surface area contributed by atoms with E-state index in [4.69, 9.17) is 4.42 Å². The Morgan fingerprint density at radius 1 is 1.09 bits per heavy atom. The van der Waals surface area contributed by atoms with Gasteiger partial charge in [0.25, 0.3) is 0 Å². The normalized spacial score (nSPS) is 11.3. The molecule has 0 aliphatic heterocycles. The molecule has 2 N–H and O–H groups in total. The Morgan fingerprint density at radius 3 is 2.18 bits per heavy atom. The van der Waals surface area contributed by atoms with Crippen molar-refractivity contribution in [1.29, 1.82) is 0 Å². The van der Waals surface area contributed by atoms with Gasteiger partial charge in [-0.05, 0) is 46.8 Å². The van der Waals surface area contributed by atoms with Gasteiger partial charge in [-0.3, -0.25) is 9.59 Å². The summed E-state index contributed by atoms with van der Waals surface area (Å²) < 4.78 is 5.56. The highest BCUT2D eigenvalue weighted by molar-refractivity contribution is 5.89. The molecule has 0 aromatic carbocycles. The number of hydrogen-bond donors (Lipinski definition) is 2. The average molecular weight is 304 g/mol. The Hall–Kier alpha value is -2.30. The number of allylic oxidation sites excluding steroid dienone is 2. The first-order chi connectivity index (χ1) is 10.3. The maximum atomic E-state index is 11.9. The Morgan fingerprint density at radius 2 is 1.68 bits per heavy atom. The summed E-state index contributed by atoms with van der Waals surface area (Å²) in [5.41, 5.74) is 1.82. The summed E-state index contributed by atoms with van der Waals surface area (Å²) >= 11 is 0. The van der Waals surface area contributed by atoms with Crippen molar-refractivity contribution < 1.29 is 14.0 Å². The Kier molecular flexibility index (Phi) is 6.63. The molecule has 22 heavy (non-hydrogen) atoms. The molecule has 1 rings (SSSR count). The van der Waals surface area contributed by atoms with Crippen LogP contribution in [0.5, 0.6) is 0 Å². The van der Waals surface area contributed by atoms with E-state index < -0.39 is 6.04 Å². The van der Waals surface area contributed by atoms with Crippen molar-refractivity contribution >= 4 is 11.8 Å². The van der Waals surface area contributed by atoms with Crippen molar-refractivity contribution in [2.75, 3.05) is 6.54 Å². The molecule has 0 aliphatic carbocycles. The van der Waals surface area contributed by atoms with Gasteiger partial charge < -0.3 is 15.1 Å². The number of nitrogens with one attached hydrogen (secondary N) is 2. The highest BCUT2D eigenvalue weighted by Gasteiger charge is 2.17. The molecule has 1 atom stereocenters. The third-order valence-electron chi connectivity index (χ3n) is 2.74. The highest BCUT2D eigenvalue weighted by atomic mass is 16.3. The fourth-order valence-electron chi connectivity index (χ4n) is 1.85. The van der Waals surface area contributed by atoms with E-state index >= 15 is 0 Å². The second-order valence-electron chi connectivity index (χ2n) is 5.70. The number of carbonyl (C=O) groups is 2. The molecule has 0 bridgehead atoms. The lowest BCUT2D eigenvalue weighted by atomic mass is 10.2. The second kappa shape index (κ2) is 8.22. The largest absolute Gasteiger partial charge is 0.464 e. The predicted octanol–water partition coefficient (Wildman–Crippen LogP) is 2.79. The SMILES string of the molecule is CC(C)=CC(=O)NC[C@H](NC(=O)C=C(C)C)c1ccc(C)o1. The van der Waals surface area contributed by atoms with E-state index in [9.17, 15) is 9.59 Å². The molecular formula is C17H24N2O3. The van der Waals surface area contributed by atoms with Crippen LogP contribution in [-0.4, -0.2) is 18.4 Å². The van der Waals surface area contributed by atoms with Crippen LogP contribution in [0.1, 0.15) is 45.3 Å². The van der Waals surface area contributed by atoms with E-state index in [-0.39, 0.29) is 18.4 Å². The molecule has 0 fully saturated rings. The lowest BCUT2D eigenvalue weighted by Crippen LogP contribution is -2.36. The Labute approximate surface area is 131 Å². The molecule has 0 saturated heterocycles. The summed E-state index contributed by atoms with van der Waals surface area (Å²) in [6, 6.07) is 3.22. The first-order valence-corrected chi connectivity index (χ1v) is 7.22. The van der Waals surface area contributed by atoms with Crippen molar-refractivity contribution in [2.24, 2.45) is 0 Å². The minimum atomic E-state index is -0.411. The van der Waals surface area contributed by atoms with Crippen LogP contribution < -0.4 is 10.6 Å². The molecule has 5 heteroatoms. The molecule has 0 unspecified atom stereocenters. The van der Waals surface area contributed by atoms with Crippen LogP contribution in [0.15, 0.2) is 39.8 Å². The Balaban J connectivity index is 2.79. The van der Waals surface area contributed by atoms with Crippen molar-refractivity contribution in [1.82, 2.24) is 10.6 Å². The van der Waals surface area contributed by atoms with Crippen LogP contribution in [0.2, 0.25) is 0 Å². The topological polar surface area (TPSA) is 71.3 Å². The quantitative estimate of drug-likeness (QED) is 0.794. The van der Waals surface area contributed by atoms with Crippen molar-refractivity contribution in [3.8, 4) is 0 Å². The summed E-state index contributed by atoms with van der Waals surface area (Å²) in [6.45, 7) is 9.50. The van der Waals surface area contributed by atoms with Gasteiger partial charge in [0.15, 0.2) is 0 Å². The minimum absolute atomic E-state index is 0.190. The van der Waals surface area contributed by atoms with Crippen molar-refractivity contribution in [2.45, 2.75) is 40.7 Å². The summed E-state index contributed by atoms with van der Waals surface area (Å²) in [6.07, 6.45) is 3.03. The third-order valence-corrected chi connectivity index (χ3v) is 2.74. The van der Waals surface area contributed by atoms with Gasteiger partial charge in [-0.1, -0.05) is 11.1 Å². The molecule has 0 aliphatic rings. The zero-order chi connectivity index (χ0) is 16.7. The zero-order valence-electron chi connectivity index (χ0n) is 13.8. The van der Waals surface area contributed by atoms with Crippen LogP contribution in [0.4, 0.5) is 0 Å². The number of rotatable bonds is 6. The van der Waals surface area contributed by atoms with Gasteiger partial charge in [0.2, 0.25) is 11.8 Å². The number of furan rings is 1. The van der Waals surface area contributed by atoms with Crippen LogP contribution in [0, 0.1) is 6.92 Å². The predicted molar refractivity (Wildman–Crippen MR) is 86.2 cm³/mol. The molecule has 2 amide bonds.